The first kappa shape index (κ1) is 14.6. The highest BCUT2D eigenvalue weighted by Crippen LogP contribution is 2.32. The molecule has 19 heavy (non-hydrogen) atoms. The number of rotatable bonds is 3. The Kier molecular flexibility index (Phi) is 4.70. The minimum atomic E-state index is -0.672. The lowest BCUT2D eigenvalue weighted by Gasteiger charge is -2.05. The molecule has 0 atom stereocenters. The molecule has 1 aromatic heterocycles. The lowest BCUT2D eigenvalue weighted by Crippen LogP contribution is -2.22. The van der Waals surface area contributed by atoms with Gasteiger partial charge in [0.25, 0.3) is 5.91 Å². The maximum absolute atomic E-state index is 13.4. The maximum atomic E-state index is 13.4. The zero-order valence-electron chi connectivity index (χ0n) is 9.34. The van der Waals surface area contributed by atoms with Crippen molar-refractivity contribution in [2.24, 2.45) is 0 Å². The molecule has 0 spiro atoms. The van der Waals surface area contributed by atoms with E-state index in [1.807, 2.05) is 0 Å². The number of thiophene rings is 1. The van der Waals surface area contributed by atoms with Crippen LogP contribution in [-0.2, 0) is 6.54 Å². The summed E-state index contributed by atoms with van der Waals surface area (Å²) in [5, 5.41) is 2.58. The van der Waals surface area contributed by atoms with Crippen LogP contribution in [0, 0.1) is 11.6 Å². The Labute approximate surface area is 129 Å². The molecular weight excluding hydrogens is 404 g/mol. The van der Waals surface area contributed by atoms with Crippen LogP contribution in [0.25, 0.3) is 0 Å². The van der Waals surface area contributed by atoms with E-state index in [0.717, 1.165) is 20.4 Å². The van der Waals surface area contributed by atoms with Gasteiger partial charge in [-0.2, -0.15) is 0 Å². The van der Waals surface area contributed by atoms with E-state index in [0.29, 0.717) is 4.88 Å². The van der Waals surface area contributed by atoms with Crippen molar-refractivity contribution in [1.82, 2.24) is 5.32 Å². The Balaban J connectivity index is 2.04. The molecule has 0 radical (unpaired) electrons. The van der Waals surface area contributed by atoms with Gasteiger partial charge >= 0.3 is 0 Å². The summed E-state index contributed by atoms with van der Waals surface area (Å²) >= 11 is 7.84. The van der Waals surface area contributed by atoms with Crippen molar-refractivity contribution in [2.45, 2.75) is 6.54 Å². The normalized spacial score (nSPS) is 10.5. The fourth-order valence-electron chi connectivity index (χ4n) is 1.39. The van der Waals surface area contributed by atoms with Gasteiger partial charge in [0.1, 0.15) is 11.6 Å². The fourth-order valence-corrected chi connectivity index (χ4v) is 3.34. The van der Waals surface area contributed by atoms with Gasteiger partial charge in [0, 0.05) is 22.6 Å². The van der Waals surface area contributed by atoms with E-state index in [4.69, 9.17) is 0 Å². The number of amides is 1. The molecule has 2 rings (SSSR count). The quantitative estimate of drug-likeness (QED) is 0.793. The van der Waals surface area contributed by atoms with Gasteiger partial charge in [-0.05, 0) is 44.0 Å². The van der Waals surface area contributed by atoms with E-state index in [1.165, 1.54) is 17.4 Å². The SMILES string of the molecule is O=C(NCc1ccc(F)cc1F)c1cc(Br)c(Br)s1. The van der Waals surface area contributed by atoms with E-state index in [2.05, 4.69) is 37.2 Å². The lowest BCUT2D eigenvalue weighted by molar-refractivity contribution is 0.0954. The van der Waals surface area contributed by atoms with Gasteiger partial charge in [-0.1, -0.05) is 6.07 Å². The number of hydrogen-bond acceptors (Lipinski definition) is 2. The molecule has 2 aromatic rings. The van der Waals surface area contributed by atoms with Gasteiger partial charge in [0.2, 0.25) is 0 Å². The average Bonchev–Trinajstić information content (AvgIpc) is 2.68. The summed E-state index contributed by atoms with van der Waals surface area (Å²) < 4.78 is 27.7. The van der Waals surface area contributed by atoms with Crippen LogP contribution in [-0.4, -0.2) is 5.91 Å². The Morgan fingerprint density at radius 1 is 1.26 bits per heavy atom. The third-order valence-electron chi connectivity index (χ3n) is 2.32. The Bertz CT molecular complexity index is 611. The average molecular weight is 411 g/mol. The van der Waals surface area contributed by atoms with Crippen LogP contribution >= 0.6 is 43.2 Å². The Morgan fingerprint density at radius 3 is 2.58 bits per heavy atom. The van der Waals surface area contributed by atoms with Crippen LogP contribution < -0.4 is 5.32 Å². The topological polar surface area (TPSA) is 29.1 Å². The van der Waals surface area contributed by atoms with E-state index in [1.54, 1.807) is 6.07 Å². The summed E-state index contributed by atoms with van der Waals surface area (Å²) in [5.41, 5.74) is 0.240. The highest BCUT2D eigenvalue weighted by Gasteiger charge is 2.12. The molecule has 0 fully saturated rings. The number of benzene rings is 1. The van der Waals surface area contributed by atoms with Crippen LogP contribution in [0.4, 0.5) is 8.78 Å². The van der Waals surface area contributed by atoms with Gasteiger partial charge in [0.15, 0.2) is 0 Å². The second kappa shape index (κ2) is 6.11. The number of nitrogens with one attached hydrogen (secondary N) is 1. The van der Waals surface area contributed by atoms with Crippen molar-refractivity contribution in [3.63, 3.8) is 0 Å². The highest BCUT2D eigenvalue weighted by atomic mass is 79.9. The Morgan fingerprint density at radius 2 is 2.00 bits per heavy atom. The lowest BCUT2D eigenvalue weighted by atomic mass is 10.2. The minimum absolute atomic E-state index is 0.0120. The standard InChI is InChI=1S/C12H7Br2F2NOS/c13-8-4-10(19-11(8)14)12(18)17-5-6-1-2-7(15)3-9(6)16/h1-4H,5H2,(H,17,18). The van der Waals surface area contributed by atoms with E-state index in [9.17, 15) is 13.6 Å². The molecule has 0 saturated carbocycles. The van der Waals surface area contributed by atoms with Crippen LogP contribution in [0.3, 0.4) is 0 Å². The van der Waals surface area contributed by atoms with E-state index >= 15 is 0 Å². The van der Waals surface area contributed by atoms with Gasteiger partial charge in [-0.15, -0.1) is 11.3 Å². The van der Waals surface area contributed by atoms with E-state index < -0.39 is 11.6 Å². The van der Waals surface area contributed by atoms with Crippen LogP contribution in [0.15, 0.2) is 32.5 Å². The summed E-state index contributed by atoms with van der Waals surface area (Å²) in [6.45, 7) is 0.0120. The van der Waals surface area contributed by atoms with Gasteiger partial charge < -0.3 is 5.32 Å². The molecule has 1 N–H and O–H groups in total. The summed E-state index contributed by atoms with van der Waals surface area (Å²) in [4.78, 5) is 12.3. The molecule has 1 aromatic carbocycles. The van der Waals surface area contributed by atoms with Gasteiger partial charge in [-0.3, -0.25) is 4.79 Å². The molecule has 0 aliphatic heterocycles. The zero-order valence-corrected chi connectivity index (χ0v) is 13.3. The van der Waals surface area contributed by atoms with Crippen LogP contribution in [0.1, 0.15) is 15.2 Å². The molecule has 1 amide bonds. The molecule has 0 saturated heterocycles. The second-order valence-corrected chi connectivity index (χ2v) is 6.88. The smallest absolute Gasteiger partial charge is 0.261 e. The summed E-state index contributed by atoms with van der Waals surface area (Å²) in [6, 6.07) is 4.93. The number of carbonyl (C=O) groups excluding carboxylic acids is 1. The molecule has 0 bridgehead atoms. The molecule has 0 aliphatic rings. The van der Waals surface area contributed by atoms with Crippen molar-refractivity contribution in [2.75, 3.05) is 0 Å². The van der Waals surface area contributed by atoms with Crippen LogP contribution in [0.5, 0.6) is 0 Å². The molecule has 7 heteroatoms. The molecule has 1 heterocycles. The second-order valence-electron chi connectivity index (χ2n) is 3.65. The van der Waals surface area contributed by atoms with Gasteiger partial charge in [0.05, 0.1) is 8.66 Å². The van der Waals surface area contributed by atoms with Crippen molar-refractivity contribution in [3.8, 4) is 0 Å². The summed E-state index contributed by atoms with van der Waals surface area (Å²) in [6.07, 6.45) is 0. The minimum Gasteiger partial charge on any atom is -0.347 e. The number of hydrogen-bond donors (Lipinski definition) is 1. The highest BCUT2D eigenvalue weighted by molar-refractivity contribution is 9.13. The monoisotopic (exact) mass is 409 g/mol. The summed E-state index contributed by atoms with van der Waals surface area (Å²) in [5.74, 6) is -1.62. The van der Waals surface area contributed by atoms with Gasteiger partial charge in [-0.25, -0.2) is 8.78 Å². The third kappa shape index (κ3) is 3.61. The van der Waals surface area contributed by atoms with Crippen molar-refractivity contribution >= 4 is 49.1 Å². The first-order chi connectivity index (χ1) is 8.97. The summed E-state index contributed by atoms with van der Waals surface area (Å²) in [7, 11) is 0. The predicted molar refractivity (Wildman–Crippen MR) is 77.2 cm³/mol. The number of halogens is 4. The maximum Gasteiger partial charge on any atom is 0.261 e. The fraction of sp³-hybridized carbons (Fsp3) is 0.0833. The van der Waals surface area contributed by atoms with Crippen molar-refractivity contribution < 1.29 is 13.6 Å². The molecular formula is C12H7Br2F2NOS. The first-order valence-electron chi connectivity index (χ1n) is 5.14. The molecule has 100 valence electrons. The van der Waals surface area contributed by atoms with Crippen molar-refractivity contribution in [1.29, 1.82) is 0 Å². The predicted octanol–water partition coefficient (Wildman–Crippen LogP) is 4.48. The zero-order chi connectivity index (χ0) is 14.0. The van der Waals surface area contributed by atoms with Crippen LogP contribution in [0.2, 0.25) is 0 Å². The molecule has 2 nitrogen and oxygen atoms in total. The Hall–Kier alpha value is -0.790. The third-order valence-corrected chi connectivity index (χ3v) is 5.58. The number of carbonyl (C=O) groups is 1. The van der Waals surface area contributed by atoms with Crippen molar-refractivity contribution in [3.05, 3.63) is 54.6 Å². The largest absolute Gasteiger partial charge is 0.347 e. The first-order valence-corrected chi connectivity index (χ1v) is 7.54. The molecule has 0 aliphatic carbocycles. The molecule has 0 unspecified atom stereocenters. The van der Waals surface area contributed by atoms with E-state index in [-0.39, 0.29) is 18.0 Å².